The number of hydrogen-bond acceptors (Lipinski definition) is 2. The van der Waals surface area contributed by atoms with Crippen LogP contribution in [0.1, 0.15) is 22.9 Å². The molecule has 0 amide bonds. The molecule has 0 radical (unpaired) electrons. The zero-order valence-corrected chi connectivity index (χ0v) is 8.59. The molecule has 15 heavy (non-hydrogen) atoms. The van der Waals surface area contributed by atoms with Crippen LogP contribution in [-0.2, 0) is 0 Å². The summed E-state index contributed by atoms with van der Waals surface area (Å²) in [6.45, 7) is 2.07. The molecule has 2 heteroatoms. The Labute approximate surface area is 89.1 Å². The van der Waals surface area contributed by atoms with Crippen molar-refractivity contribution in [1.82, 2.24) is 4.98 Å². The minimum atomic E-state index is 0.190. The van der Waals surface area contributed by atoms with E-state index in [4.69, 9.17) is 0 Å². The molecular weight excluding hydrogens is 184 g/mol. The van der Waals surface area contributed by atoms with Gasteiger partial charge in [0.05, 0.1) is 5.69 Å². The second-order valence-electron chi connectivity index (χ2n) is 4.05. The minimum absolute atomic E-state index is 0.190. The number of rotatable bonds is 0. The SMILES string of the molecule is Cc1cnc2c(c1)C=CC1C=CC=NC21. The molecule has 0 saturated carbocycles. The van der Waals surface area contributed by atoms with E-state index in [1.807, 2.05) is 18.5 Å². The molecule has 0 bridgehead atoms. The maximum atomic E-state index is 4.50. The highest BCUT2D eigenvalue weighted by molar-refractivity contribution is 5.74. The number of aromatic nitrogens is 1. The number of hydrogen-bond donors (Lipinski definition) is 0. The lowest BCUT2D eigenvalue weighted by atomic mass is 9.87. The smallest absolute Gasteiger partial charge is 0.102 e. The predicted molar refractivity (Wildman–Crippen MR) is 61.9 cm³/mol. The number of dihydropyridines is 1. The third-order valence-corrected chi connectivity index (χ3v) is 2.90. The number of aliphatic imine (C=N–C) groups is 1. The van der Waals surface area contributed by atoms with Gasteiger partial charge in [0, 0.05) is 18.3 Å². The molecule has 1 aromatic rings. The quantitative estimate of drug-likeness (QED) is 0.626. The molecule has 0 aromatic carbocycles. The van der Waals surface area contributed by atoms with Crippen LogP contribution in [0.3, 0.4) is 0 Å². The fraction of sp³-hybridized carbons (Fsp3) is 0.231. The molecule has 0 saturated heterocycles. The number of aryl methyl sites for hydroxylation is 1. The zero-order valence-electron chi connectivity index (χ0n) is 8.59. The van der Waals surface area contributed by atoms with E-state index in [0.29, 0.717) is 5.92 Å². The van der Waals surface area contributed by atoms with E-state index < -0.39 is 0 Å². The summed E-state index contributed by atoms with van der Waals surface area (Å²) in [5.41, 5.74) is 3.52. The third kappa shape index (κ3) is 1.33. The van der Waals surface area contributed by atoms with Crippen molar-refractivity contribution in [3.8, 4) is 0 Å². The lowest BCUT2D eigenvalue weighted by Gasteiger charge is -2.25. The molecular formula is C13H12N2. The number of nitrogens with zero attached hydrogens (tertiary/aromatic N) is 2. The van der Waals surface area contributed by atoms with Crippen LogP contribution in [0.2, 0.25) is 0 Å². The van der Waals surface area contributed by atoms with Crippen molar-refractivity contribution in [2.75, 3.05) is 0 Å². The fourth-order valence-electron chi connectivity index (χ4n) is 2.15. The van der Waals surface area contributed by atoms with Crippen molar-refractivity contribution in [1.29, 1.82) is 0 Å². The van der Waals surface area contributed by atoms with E-state index in [-0.39, 0.29) is 6.04 Å². The molecule has 2 unspecified atom stereocenters. The van der Waals surface area contributed by atoms with E-state index in [1.54, 1.807) is 0 Å². The Morgan fingerprint density at radius 3 is 3.13 bits per heavy atom. The summed E-state index contributed by atoms with van der Waals surface area (Å²) in [5, 5.41) is 0. The Kier molecular flexibility index (Phi) is 1.81. The summed E-state index contributed by atoms with van der Waals surface area (Å²) >= 11 is 0. The van der Waals surface area contributed by atoms with Gasteiger partial charge in [0.1, 0.15) is 6.04 Å². The maximum absolute atomic E-state index is 4.50. The van der Waals surface area contributed by atoms with Crippen molar-refractivity contribution in [2.45, 2.75) is 13.0 Å². The molecule has 0 fully saturated rings. The first-order valence-electron chi connectivity index (χ1n) is 5.19. The summed E-state index contributed by atoms with van der Waals surface area (Å²) in [6.07, 6.45) is 12.3. The molecule has 1 aromatic heterocycles. The highest BCUT2D eigenvalue weighted by Gasteiger charge is 2.25. The minimum Gasteiger partial charge on any atom is -0.283 e. The zero-order chi connectivity index (χ0) is 10.3. The Balaban J connectivity index is 2.14. The summed E-state index contributed by atoms with van der Waals surface area (Å²) in [4.78, 5) is 9.00. The monoisotopic (exact) mass is 196 g/mol. The van der Waals surface area contributed by atoms with Crippen LogP contribution in [0.25, 0.3) is 6.08 Å². The Bertz CT molecular complexity index is 483. The standard InChI is InChI=1S/C13H12N2/c1-9-7-11-5-4-10-3-2-6-14-12(10)13(11)15-8-9/h2-8,10,12H,1H3. The molecule has 2 aliphatic rings. The highest BCUT2D eigenvalue weighted by atomic mass is 14.9. The summed E-state index contributed by atoms with van der Waals surface area (Å²) in [7, 11) is 0. The first-order valence-corrected chi connectivity index (χ1v) is 5.19. The van der Waals surface area contributed by atoms with Crippen LogP contribution in [0.15, 0.2) is 35.5 Å². The number of fused-ring (bicyclic) bond motifs is 3. The number of allylic oxidation sites excluding steroid dienone is 1. The molecule has 1 aliphatic carbocycles. The van der Waals surface area contributed by atoms with Gasteiger partial charge in [0.15, 0.2) is 0 Å². The van der Waals surface area contributed by atoms with E-state index >= 15 is 0 Å². The molecule has 2 atom stereocenters. The summed E-state index contributed by atoms with van der Waals surface area (Å²) < 4.78 is 0. The van der Waals surface area contributed by atoms with Gasteiger partial charge in [-0.2, -0.15) is 0 Å². The molecule has 2 nitrogen and oxygen atoms in total. The van der Waals surface area contributed by atoms with Crippen LogP contribution in [0.5, 0.6) is 0 Å². The van der Waals surface area contributed by atoms with E-state index in [1.165, 1.54) is 11.1 Å². The number of pyridine rings is 1. The van der Waals surface area contributed by atoms with Crippen molar-refractivity contribution in [2.24, 2.45) is 10.9 Å². The van der Waals surface area contributed by atoms with Crippen molar-refractivity contribution < 1.29 is 0 Å². The van der Waals surface area contributed by atoms with Gasteiger partial charge in [-0.25, -0.2) is 0 Å². The second kappa shape index (κ2) is 3.16. The van der Waals surface area contributed by atoms with E-state index in [0.717, 1.165) is 5.69 Å². The third-order valence-electron chi connectivity index (χ3n) is 2.90. The van der Waals surface area contributed by atoms with Gasteiger partial charge in [0.25, 0.3) is 0 Å². The largest absolute Gasteiger partial charge is 0.283 e. The highest BCUT2D eigenvalue weighted by Crippen LogP contribution is 2.35. The van der Waals surface area contributed by atoms with Crippen LogP contribution in [0, 0.1) is 12.8 Å². The summed E-state index contributed by atoms with van der Waals surface area (Å²) in [5.74, 6) is 0.387. The first kappa shape index (κ1) is 8.60. The second-order valence-corrected chi connectivity index (χ2v) is 4.05. The van der Waals surface area contributed by atoms with Gasteiger partial charge in [-0.1, -0.05) is 18.2 Å². The van der Waals surface area contributed by atoms with Crippen molar-refractivity contribution in [3.63, 3.8) is 0 Å². The van der Waals surface area contributed by atoms with E-state index in [2.05, 4.69) is 41.2 Å². The van der Waals surface area contributed by atoms with Gasteiger partial charge in [0.2, 0.25) is 0 Å². The van der Waals surface area contributed by atoms with Crippen LogP contribution >= 0.6 is 0 Å². The Hall–Kier alpha value is -1.70. The topological polar surface area (TPSA) is 25.2 Å². The van der Waals surface area contributed by atoms with E-state index in [9.17, 15) is 0 Å². The maximum Gasteiger partial charge on any atom is 0.102 e. The molecule has 2 heterocycles. The predicted octanol–water partition coefficient (Wildman–Crippen LogP) is 2.71. The van der Waals surface area contributed by atoms with Gasteiger partial charge < -0.3 is 0 Å². The van der Waals surface area contributed by atoms with Crippen LogP contribution in [0.4, 0.5) is 0 Å². The molecule has 74 valence electrons. The molecule has 0 spiro atoms. The molecule has 3 rings (SSSR count). The van der Waals surface area contributed by atoms with Gasteiger partial charge in [-0.05, 0) is 30.2 Å². The average Bonchev–Trinajstić information content (AvgIpc) is 2.28. The van der Waals surface area contributed by atoms with Crippen molar-refractivity contribution in [3.05, 3.63) is 47.3 Å². The Morgan fingerprint density at radius 2 is 2.20 bits per heavy atom. The first-order chi connectivity index (χ1) is 7.34. The lowest BCUT2D eigenvalue weighted by molar-refractivity contribution is 0.593. The van der Waals surface area contributed by atoms with Crippen molar-refractivity contribution >= 4 is 12.3 Å². The van der Waals surface area contributed by atoms with Gasteiger partial charge in [-0.15, -0.1) is 0 Å². The van der Waals surface area contributed by atoms with Crippen LogP contribution < -0.4 is 0 Å². The van der Waals surface area contributed by atoms with Gasteiger partial charge >= 0.3 is 0 Å². The molecule has 1 aliphatic heterocycles. The average molecular weight is 196 g/mol. The summed E-state index contributed by atoms with van der Waals surface area (Å²) in [6, 6.07) is 2.36. The lowest BCUT2D eigenvalue weighted by Crippen LogP contribution is -2.15. The molecule has 0 N–H and O–H groups in total. The normalized spacial score (nSPS) is 26.2. The van der Waals surface area contributed by atoms with Gasteiger partial charge in [-0.3, -0.25) is 9.98 Å². The van der Waals surface area contributed by atoms with Crippen LogP contribution in [-0.4, -0.2) is 11.2 Å². The fourth-order valence-corrected chi connectivity index (χ4v) is 2.15. The Morgan fingerprint density at radius 1 is 1.27 bits per heavy atom.